The van der Waals surface area contributed by atoms with Gasteiger partial charge in [-0.25, -0.2) is 4.79 Å². The summed E-state index contributed by atoms with van der Waals surface area (Å²) in [4.78, 5) is 18.2. The SMILES string of the molecule is C[C@@H]1CCn2c(cc(OCc3ccc(Cl)cc3)nc2=O)N1C. The van der Waals surface area contributed by atoms with Crippen molar-refractivity contribution in [3.8, 4) is 5.88 Å². The molecule has 0 fully saturated rings. The number of rotatable bonds is 3. The van der Waals surface area contributed by atoms with E-state index in [1.165, 1.54) is 0 Å². The number of fused-ring (bicyclic) bond motifs is 1. The van der Waals surface area contributed by atoms with Crippen molar-refractivity contribution >= 4 is 17.4 Å². The Hall–Kier alpha value is -2.01. The van der Waals surface area contributed by atoms with Crippen LogP contribution in [0.15, 0.2) is 35.1 Å². The van der Waals surface area contributed by atoms with Gasteiger partial charge in [0.05, 0.1) is 0 Å². The van der Waals surface area contributed by atoms with Gasteiger partial charge in [-0.15, -0.1) is 0 Å². The van der Waals surface area contributed by atoms with Crippen LogP contribution in [-0.2, 0) is 13.2 Å². The minimum absolute atomic E-state index is 0.262. The Morgan fingerprint density at radius 2 is 2.09 bits per heavy atom. The Morgan fingerprint density at radius 3 is 2.82 bits per heavy atom. The van der Waals surface area contributed by atoms with Crippen LogP contribution in [0.4, 0.5) is 5.82 Å². The van der Waals surface area contributed by atoms with E-state index in [0.717, 1.165) is 17.8 Å². The zero-order chi connectivity index (χ0) is 15.7. The number of hydrogen-bond acceptors (Lipinski definition) is 4. The molecule has 116 valence electrons. The second-order valence-corrected chi connectivity index (χ2v) is 5.99. The van der Waals surface area contributed by atoms with Gasteiger partial charge in [0.2, 0.25) is 5.88 Å². The molecule has 0 bridgehead atoms. The van der Waals surface area contributed by atoms with E-state index in [4.69, 9.17) is 16.3 Å². The van der Waals surface area contributed by atoms with Crippen LogP contribution in [0.2, 0.25) is 5.02 Å². The summed E-state index contributed by atoms with van der Waals surface area (Å²) in [7, 11) is 1.98. The summed E-state index contributed by atoms with van der Waals surface area (Å²) in [6.45, 7) is 3.19. The fraction of sp³-hybridized carbons (Fsp3) is 0.375. The average Bonchev–Trinajstić information content (AvgIpc) is 2.51. The maximum absolute atomic E-state index is 12.1. The molecule has 2 heterocycles. The Kier molecular flexibility index (Phi) is 4.07. The van der Waals surface area contributed by atoms with Crippen molar-refractivity contribution in [3.63, 3.8) is 0 Å². The minimum atomic E-state index is -0.262. The molecule has 0 saturated carbocycles. The normalized spacial score (nSPS) is 17.2. The first kappa shape index (κ1) is 14.9. The summed E-state index contributed by atoms with van der Waals surface area (Å²) in [6.07, 6.45) is 0.941. The number of anilines is 1. The van der Waals surface area contributed by atoms with Gasteiger partial charge in [-0.2, -0.15) is 4.98 Å². The largest absolute Gasteiger partial charge is 0.473 e. The Balaban J connectivity index is 1.82. The highest BCUT2D eigenvalue weighted by Crippen LogP contribution is 2.24. The standard InChI is InChI=1S/C16H18ClN3O2/c1-11-7-8-20-15(19(11)2)9-14(18-16(20)21)22-10-12-3-5-13(17)6-4-12/h3-6,9,11H,7-8,10H2,1-2H3/t11-/m1/s1. The van der Waals surface area contributed by atoms with Gasteiger partial charge in [-0.3, -0.25) is 4.57 Å². The Morgan fingerprint density at radius 1 is 1.36 bits per heavy atom. The zero-order valence-electron chi connectivity index (χ0n) is 12.6. The van der Waals surface area contributed by atoms with Crippen LogP contribution in [0.3, 0.4) is 0 Å². The van der Waals surface area contributed by atoms with Gasteiger partial charge in [-0.1, -0.05) is 23.7 Å². The van der Waals surface area contributed by atoms with Crippen LogP contribution in [0.1, 0.15) is 18.9 Å². The van der Waals surface area contributed by atoms with Crippen molar-refractivity contribution < 1.29 is 4.74 Å². The molecule has 6 heteroatoms. The first-order chi connectivity index (χ1) is 10.5. The minimum Gasteiger partial charge on any atom is -0.473 e. The number of halogens is 1. The van der Waals surface area contributed by atoms with Gasteiger partial charge in [0, 0.05) is 30.7 Å². The van der Waals surface area contributed by atoms with Gasteiger partial charge < -0.3 is 9.64 Å². The molecular formula is C16H18ClN3O2. The highest BCUT2D eigenvalue weighted by molar-refractivity contribution is 6.30. The van der Waals surface area contributed by atoms with Gasteiger partial charge in [0.1, 0.15) is 12.4 Å². The molecule has 1 aliphatic heterocycles. The van der Waals surface area contributed by atoms with Crippen molar-refractivity contribution in [2.24, 2.45) is 0 Å². The Labute approximate surface area is 134 Å². The number of nitrogens with zero attached hydrogens (tertiary/aromatic N) is 3. The highest BCUT2D eigenvalue weighted by atomic mass is 35.5. The van der Waals surface area contributed by atoms with E-state index < -0.39 is 0 Å². The molecule has 1 aliphatic rings. The molecule has 2 aromatic rings. The number of aromatic nitrogens is 2. The first-order valence-electron chi connectivity index (χ1n) is 7.26. The maximum atomic E-state index is 12.1. The summed E-state index contributed by atoms with van der Waals surface area (Å²) in [5.41, 5.74) is 0.716. The molecule has 0 radical (unpaired) electrons. The van der Waals surface area contributed by atoms with Crippen LogP contribution < -0.4 is 15.3 Å². The van der Waals surface area contributed by atoms with Crippen LogP contribution in [0.5, 0.6) is 5.88 Å². The lowest BCUT2D eigenvalue weighted by molar-refractivity contribution is 0.290. The molecule has 0 N–H and O–H groups in total. The predicted octanol–water partition coefficient (Wildman–Crippen LogP) is 2.70. The monoisotopic (exact) mass is 319 g/mol. The quantitative estimate of drug-likeness (QED) is 0.872. The van der Waals surface area contributed by atoms with E-state index in [1.807, 2.05) is 37.4 Å². The van der Waals surface area contributed by atoms with Crippen LogP contribution >= 0.6 is 11.6 Å². The van der Waals surface area contributed by atoms with Crippen LogP contribution in [0, 0.1) is 0 Å². The molecule has 1 aromatic heterocycles. The molecule has 0 unspecified atom stereocenters. The molecular weight excluding hydrogens is 302 g/mol. The van der Waals surface area contributed by atoms with E-state index in [1.54, 1.807) is 4.57 Å². The molecule has 1 aromatic carbocycles. The van der Waals surface area contributed by atoms with E-state index in [-0.39, 0.29) is 5.69 Å². The molecule has 1 atom stereocenters. The molecule has 3 rings (SSSR count). The van der Waals surface area contributed by atoms with Crippen molar-refractivity contribution in [1.82, 2.24) is 9.55 Å². The third-order valence-corrected chi connectivity index (χ3v) is 4.31. The number of ether oxygens (including phenoxy) is 1. The summed E-state index contributed by atoms with van der Waals surface area (Å²) < 4.78 is 7.36. The van der Waals surface area contributed by atoms with E-state index >= 15 is 0 Å². The second-order valence-electron chi connectivity index (χ2n) is 5.55. The van der Waals surface area contributed by atoms with Gasteiger partial charge in [0.25, 0.3) is 0 Å². The molecule has 0 aliphatic carbocycles. The molecule has 0 saturated heterocycles. The van der Waals surface area contributed by atoms with Gasteiger partial charge >= 0.3 is 5.69 Å². The third kappa shape index (κ3) is 2.95. The lowest BCUT2D eigenvalue weighted by atomic mass is 10.1. The molecule has 0 amide bonds. The van der Waals surface area contributed by atoms with Gasteiger partial charge in [0.15, 0.2) is 0 Å². The summed E-state index contributed by atoms with van der Waals surface area (Å²) in [5.74, 6) is 1.21. The lowest BCUT2D eigenvalue weighted by Gasteiger charge is -2.34. The first-order valence-corrected chi connectivity index (χ1v) is 7.64. The van der Waals surface area contributed by atoms with Crippen molar-refractivity contribution in [1.29, 1.82) is 0 Å². The number of hydrogen-bond donors (Lipinski definition) is 0. The molecule has 22 heavy (non-hydrogen) atoms. The zero-order valence-corrected chi connectivity index (χ0v) is 13.4. The second kappa shape index (κ2) is 6.01. The van der Waals surface area contributed by atoms with E-state index in [0.29, 0.717) is 30.1 Å². The fourth-order valence-electron chi connectivity index (χ4n) is 2.52. The van der Waals surface area contributed by atoms with Crippen molar-refractivity contribution in [2.45, 2.75) is 32.5 Å². The predicted molar refractivity (Wildman–Crippen MR) is 86.8 cm³/mol. The Bertz CT molecular complexity index is 727. The van der Waals surface area contributed by atoms with Crippen LogP contribution in [-0.4, -0.2) is 22.6 Å². The molecule has 5 nitrogen and oxygen atoms in total. The summed E-state index contributed by atoms with van der Waals surface area (Å²) >= 11 is 5.86. The van der Waals surface area contributed by atoms with Crippen LogP contribution in [0.25, 0.3) is 0 Å². The highest BCUT2D eigenvalue weighted by Gasteiger charge is 2.22. The number of benzene rings is 1. The lowest BCUT2D eigenvalue weighted by Crippen LogP contribution is -2.41. The third-order valence-electron chi connectivity index (χ3n) is 4.06. The maximum Gasteiger partial charge on any atom is 0.352 e. The molecule has 0 spiro atoms. The summed E-state index contributed by atoms with van der Waals surface area (Å²) in [6, 6.07) is 9.62. The van der Waals surface area contributed by atoms with Crippen molar-refractivity contribution in [2.75, 3.05) is 11.9 Å². The van der Waals surface area contributed by atoms with Crippen molar-refractivity contribution in [3.05, 3.63) is 51.4 Å². The van der Waals surface area contributed by atoms with E-state index in [9.17, 15) is 4.79 Å². The topological polar surface area (TPSA) is 47.4 Å². The van der Waals surface area contributed by atoms with Gasteiger partial charge in [-0.05, 0) is 31.0 Å². The van der Waals surface area contributed by atoms with E-state index in [2.05, 4.69) is 16.8 Å². The fourth-order valence-corrected chi connectivity index (χ4v) is 2.65. The smallest absolute Gasteiger partial charge is 0.352 e. The summed E-state index contributed by atoms with van der Waals surface area (Å²) in [5, 5.41) is 0.685. The average molecular weight is 320 g/mol.